The predicted octanol–water partition coefficient (Wildman–Crippen LogP) is 1.69. The quantitative estimate of drug-likeness (QED) is 0.724. The molecule has 7 heteroatoms. The average molecular weight is 347 g/mol. The normalized spacial score (nSPS) is 19.0. The van der Waals surface area contributed by atoms with Gasteiger partial charge in [-0.05, 0) is 31.7 Å². The van der Waals surface area contributed by atoms with Crippen molar-refractivity contribution in [2.24, 2.45) is 10.8 Å². The summed E-state index contributed by atoms with van der Waals surface area (Å²) in [6.07, 6.45) is 4.70. The summed E-state index contributed by atoms with van der Waals surface area (Å²) in [5, 5.41) is 2.93. The van der Waals surface area contributed by atoms with Gasteiger partial charge < -0.3 is 19.7 Å². The van der Waals surface area contributed by atoms with Crippen molar-refractivity contribution < 1.29 is 19.1 Å². The molecule has 0 atom stereocenters. The van der Waals surface area contributed by atoms with Gasteiger partial charge in [-0.15, -0.1) is 0 Å². The number of hydrogen-bond acceptors (Lipinski definition) is 5. The van der Waals surface area contributed by atoms with Crippen LogP contribution < -0.4 is 10.1 Å². The fourth-order valence-corrected chi connectivity index (χ4v) is 3.52. The van der Waals surface area contributed by atoms with Gasteiger partial charge in [0.2, 0.25) is 17.7 Å². The molecule has 0 saturated heterocycles. The second-order valence-electron chi connectivity index (χ2n) is 7.04. The third-order valence-electron chi connectivity index (χ3n) is 5.20. The smallest absolute Gasteiger partial charge is 0.231 e. The summed E-state index contributed by atoms with van der Waals surface area (Å²) >= 11 is 0. The number of hydrogen-bond donors (Lipinski definition) is 1. The highest BCUT2D eigenvalue weighted by atomic mass is 16.5. The fraction of sp³-hybridized carbons (Fsp3) is 0.611. The molecule has 2 saturated carbocycles. The largest absolute Gasteiger partial charge is 0.475 e. The lowest BCUT2D eigenvalue weighted by Crippen LogP contribution is -2.42. The molecule has 0 aromatic carbocycles. The molecule has 1 heterocycles. The van der Waals surface area contributed by atoms with Crippen LogP contribution in [0.3, 0.4) is 0 Å². The van der Waals surface area contributed by atoms with E-state index in [4.69, 9.17) is 9.47 Å². The zero-order valence-corrected chi connectivity index (χ0v) is 15.0. The van der Waals surface area contributed by atoms with Crippen molar-refractivity contribution in [3.8, 4) is 5.88 Å². The molecular weight excluding hydrogens is 322 g/mol. The van der Waals surface area contributed by atoms with Gasteiger partial charge in [0.05, 0.1) is 29.3 Å². The molecule has 0 unspecified atom stereocenters. The number of amides is 2. The Bertz CT molecular complexity index is 649. The van der Waals surface area contributed by atoms with E-state index in [1.54, 1.807) is 44.4 Å². The molecule has 2 amide bonds. The van der Waals surface area contributed by atoms with Crippen LogP contribution in [0.1, 0.15) is 25.7 Å². The molecule has 0 spiro atoms. The highest BCUT2D eigenvalue weighted by Gasteiger charge is 2.73. The lowest BCUT2D eigenvalue weighted by atomic mass is 9.83. The minimum Gasteiger partial charge on any atom is -0.475 e. The van der Waals surface area contributed by atoms with Crippen LogP contribution in [0.4, 0.5) is 5.69 Å². The van der Waals surface area contributed by atoms with E-state index in [1.165, 1.54) is 0 Å². The van der Waals surface area contributed by atoms with Crippen LogP contribution in [-0.2, 0) is 14.3 Å². The number of anilines is 1. The standard InChI is InChI=1S/C18H25N3O4/c1-21(2)16(23)18(8-9-18)17(6-7-17)15(22)20-13-4-5-14(19-12-13)25-11-10-24-3/h4-5,12H,6-11H2,1-3H3,(H,20,22). The lowest BCUT2D eigenvalue weighted by molar-refractivity contribution is -0.141. The van der Waals surface area contributed by atoms with Crippen molar-refractivity contribution in [1.29, 1.82) is 0 Å². The Morgan fingerprint density at radius 1 is 1.16 bits per heavy atom. The number of nitrogens with zero attached hydrogens (tertiary/aromatic N) is 2. The second-order valence-corrected chi connectivity index (χ2v) is 7.04. The van der Waals surface area contributed by atoms with Crippen LogP contribution in [-0.4, -0.2) is 56.1 Å². The van der Waals surface area contributed by atoms with E-state index in [1.807, 2.05) is 0 Å². The highest BCUT2D eigenvalue weighted by molar-refractivity contribution is 6.03. The Hall–Kier alpha value is -2.15. The third kappa shape index (κ3) is 3.20. The van der Waals surface area contributed by atoms with Gasteiger partial charge in [0.15, 0.2) is 0 Å². The first-order valence-corrected chi connectivity index (χ1v) is 8.56. The average Bonchev–Trinajstić information content (AvgIpc) is 3.47. The van der Waals surface area contributed by atoms with Crippen LogP contribution in [0.25, 0.3) is 0 Å². The predicted molar refractivity (Wildman–Crippen MR) is 92.3 cm³/mol. The maximum absolute atomic E-state index is 12.8. The zero-order valence-electron chi connectivity index (χ0n) is 15.0. The Balaban J connectivity index is 1.64. The number of carbonyl (C=O) groups is 2. The van der Waals surface area contributed by atoms with E-state index in [0.29, 0.717) is 24.8 Å². The number of ether oxygens (including phenoxy) is 2. The molecule has 3 rings (SSSR count). The van der Waals surface area contributed by atoms with Gasteiger partial charge in [-0.1, -0.05) is 0 Å². The maximum atomic E-state index is 12.8. The molecule has 2 aliphatic rings. The van der Waals surface area contributed by atoms with Crippen molar-refractivity contribution in [3.63, 3.8) is 0 Å². The van der Waals surface area contributed by atoms with Gasteiger partial charge in [-0.25, -0.2) is 4.98 Å². The van der Waals surface area contributed by atoms with E-state index < -0.39 is 10.8 Å². The van der Waals surface area contributed by atoms with Crippen molar-refractivity contribution in [3.05, 3.63) is 18.3 Å². The molecule has 136 valence electrons. The molecule has 2 fully saturated rings. The molecule has 1 N–H and O–H groups in total. The van der Waals surface area contributed by atoms with Gasteiger partial charge in [-0.2, -0.15) is 0 Å². The van der Waals surface area contributed by atoms with Gasteiger partial charge in [0.25, 0.3) is 0 Å². The zero-order chi connectivity index (χ0) is 18.1. The summed E-state index contributed by atoms with van der Waals surface area (Å²) in [4.78, 5) is 31.2. The molecule has 0 aliphatic heterocycles. The molecule has 0 bridgehead atoms. The molecule has 2 aliphatic carbocycles. The summed E-state index contributed by atoms with van der Waals surface area (Å²) in [7, 11) is 5.11. The van der Waals surface area contributed by atoms with Gasteiger partial charge in [-0.3, -0.25) is 9.59 Å². The molecular formula is C18H25N3O4. The summed E-state index contributed by atoms with van der Waals surface area (Å²) < 4.78 is 10.3. The number of nitrogens with one attached hydrogen (secondary N) is 1. The first-order valence-electron chi connectivity index (χ1n) is 8.56. The SMILES string of the molecule is COCCOc1ccc(NC(=O)C2(C3(C(=O)N(C)C)CC3)CC2)cn1. The summed E-state index contributed by atoms with van der Waals surface area (Å²) in [5.41, 5.74) is -0.442. The Morgan fingerprint density at radius 2 is 1.84 bits per heavy atom. The van der Waals surface area contributed by atoms with Crippen molar-refractivity contribution in [2.45, 2.75) is 25.7 Å². The fourth-order valence-electron chi connectivity index (χ4n) is 3.52. The summed E-state index contributed by atoms with van der Waals surface area (Å²) in [6, 6.07) is 3.47. The highest BCUT2D eigenvalue weighted by Crippen LogP contribution is 2.71. The van der Waals surface area contributed by atoms with E-state index in [9.17, 15) is 9.59 Å². The lowest BCUT2D eigenvalue weighted by Gasteiger charge is -2.27. The molecule has 1 aromatic rings. The van der Waals surface area contributed by atoms with Crippen LogP contribution in [0, 0.1) is 10.8 Å². The number of rotatable bonds is 8. The minimum atomic E-state index is -0.554. The Labute approximate surface area is 147 Å². The van der Waals surface area contributed by atoms with Gasteiger partial charge >= 0.3 is 0 Å². The summed E-state index contributed by atoms with van der Waals surface area (Å²) in [5.74, 6) is 0.479. The first kappa shape index (κ1) is 17.7. The van der Waals surface area contributed by atoms with E-state index in [-0.39, 0.29) is 11.8 Å². The van der Waals surface area contributed by atoms with Crippen LogP contribution >= 0.6 is 0 Å². The van der Waals surface area contributed by atoms with Crippen molar-refractivity contribution in [2.75, 3.05) is 39.7 Å². The monoisotopic (exact) mass is 347 g/mol. The van der Waals surface area contributed by atoms with Crippen molar-refractivity contribution >= 4 is 17.5 Å². The van der Waals surface area contributed by atoms with E-state index in [0.717, 1.165) is 25.7 Å². The number of pyridine rings is 1. The van der Waals surface area contributed by atoms with Gasteiger partial charge in [0.1, 0.15) is 6.61 Å². The second kappa shape index (κ2) is 6.63. The first-order chi connectivity index (χ1) is 11.9. The third-order valence-corrected chi connectivity index (χ3v) is 5.20. The molecule has 1 aromatic heterocycles. The number of methoxy groups -OCH3 is 1. The summed E-state index contributed by atoms with van der Waals surface area (Å²) in [6.45, 7) is 0.915. The molecule has 0 radical (unpaired) electrons. The van der Waals surface area contributed by atoms with E-state index >= 15 is 0 Å². The number of aromatic nitrogens is 1. The molecule has 25 heavy (non-hydrogen) atoms. The van der Waals surface area contributed by atoms with Gasteiger partial charge in [0, 0.05) is 27.3 Å². The Kier molecular flexibility index (Phi) is 4.69. The molecule has 7 nitrogen and oxygen atoms in total. The van der Waals surface area contributed by atoms with Crippen LogP contribution in [0.2, 0.25) is 0 Å². The van der Waals surface area contributed by atoms with E-state index in [2.05, 4.69) is 10.3 Å². The number of carbonyl (C=O) groups excluding carboxylic acids is 2. The minimum absolute atomic E-state index is 0.0696. The maximum Gasteiger partial charge on any atom is 0.231 e. The van der Waals surface area contributed by atoms with Crippen LogP contribution in [0.5, 0.6) is 5.88 Å². The topological polar surface area (TPSA) is 80.8 Å². The van der Waals surface area contributed by atoms with Crippen molar-refractivity contribution in [1.82, 2.24) is 9.88 Å². The Morgan fingerprint density at radius 3 is 2.32 bits per heavy atom. The van der Waals surface area contributed by atoms with Crippen LogP contribution in [0.15, 0.2) is 18.3 Å².